The third-order valence-electron chi connectivity index (χ3n) is 2.37. The number of aldehydes is 1. The van der Waals surface area contributed by atoms with Gasteiger partial charge in [-0.2, -0.15) is 0 Å². The van der Waals surface area contributed by atoms with Crippen molar-refractivity contribution in [2.45, 2.75) is 13.8 Å². The minimum Gasteiger partial charge on any atom is -0.295 e. The summed E-state index contributed by atoms with van der Waals surface area (Å²) in [5, 5.41) is 0.534. The van der Waals surface area contributed by atoms with E-state index in [1.54, 1.807) is 0 Å². The molecule has 2 nitrogen and oxygen atoms in total. The molecule has 0 saturated carbocycles. The van der Waals surface area contributed by atoms with Crippen LogP contribution in [0.3, 0.4) is 0 Å². The molecule has 0 aliphatic rings. The second-order valence-corrected chi connectivity index (χ2v) is 5.68. The lowest BCUT2D eigenvalue weighted by Gasteiger charge is -2.04. The molecule has 0 saturated heterocycles. The number of thiazole rings is 1. The summed E-state index contributed by atoms with van der Waals surface area (Å²) in [7, 11) is 0. The molecule has 1 heterocycles. The molecule has 4 heteroatoms. The van der Waals surface area contributed by atoms with Crippen molar-refractivity contribution in [2.75, 3.05) is 0 Å². The second-order valence-electron chi connectivity index (χ2n) is 3.53. The van der Waals surface area contributed by atoms with Gasteiger partial charge in [-0.25, -0.2) is 4.98 Å². The molecule has 0 unspecified atom stereocenters. The van der Waals surface area contributed by atoms with Crippen molar-refractivity contribution in [2.24, 2.45) is 0 Å². The average Bonchev–Trinajstić information content (AvgIpc) is 2.63. The van der Waals surface area contributed by atoms with Crippen molar-refractivity contribution < 1.29 is 4.79 Å². The summed E-state index contributed by atoms with van der Waals surface area (Å²) in [6.07, 6.45) is 0.800. The fraction of sp³-hybridized carbons (Fsp3) is 0.167. The lowest BCUT2D eigenvalue weighted by atomic mass is 10.1. The molecule has 2 aromatic rings. The van der Waals surface area contributed by atoms with E-state index in [0.29, 0.717) is 5.01 Å². The van der Waals surface area contributed by atoms with Crippen LogP contribution in [0.15, 0.2) is 22.7 Å². The number of hydrogen-bond donors (Lipinski definition) is 0. The third kappa shape index (κ3) is 2.08. The van der Waals surface area contributed by atoms with Crippen LogP contribution in [0.1, 0.15) is 20.2 Å². The minimum atomic E-state index is 0.534. The average molecular weight is 296 g/mol. The lowest BCUT2D eigenvalue weighted by molar-refractivity contribution is 0.112. The number of hydrogen-bond acceptors (Lipinski definition) is 3. The molecule has 0 fully saturated rings. The van der Waals surface area contributed by atoms with Crippen molar-refractivity contribution >= 4 is 33.6 Å². The minimum absolute atomic E-state index is 0.534. The Morgan fingerprint density at radius 2 is 2.12 bits per heavy atom. The molecule has 0 aliphatic carbocycles. The van der Waals surface area contributed by atoms with Crippen molar-refractivity contribution in [1.82, 2.24) is 4.98 Å². The molecule has 0 spiro atoms. The fourth-order valence-corrected chi connectivity index (χ4v) is 2.68. The Balaban J connectivity index is 2.61. The van der Waals surface area contributed by atoms with Crippen molar-refractivity contribution in [3.05, 3.63) is 38.1 Å². The first-order valence-corrected chi connectivity index (χ1v) is 6.42. The summed E-state index contributed by atoms with van der Waals surface area (Å²) in [4.78, 5) is 16.1. The summed E-state index contributed by atoms with van der Waals surface area (Å²) in [6, 6.07) is 6.08. The van der Waals surface area contributed by atoms with Crippen LogP contribution in [-0.2, 0) is 0 Å². The molecule has 0 radical (unpaired) electrons. The summed E-state index contributed by atoms with van der Waals surface area (Å²) >= 11 is 4.88. The zero-order valence-corrected chi connectivity index (χ0v) is 11.4. The molecule has 1 aromatic heterocycles. The Bertz CT molecular complexity index is 548. The summed E-state index contributed by atoms with van der Waals surface area (Å²) in [6.45, 7) is 4.03. The number of carbonyl (C=O) groups is 1. The Morgan fingerprint density at radius 1 is 1.38 bits per heavy atom. The SMILES string of the molecule is Cc1ccc(Br)cc1-c1nc(C=O)sc1C. The number of nitrogens with zero attached hydrogens (tertiary/aromatic N) is 1. The standard InChI is InChI=1S/C12H10BrNOS/c1-7-3-4-9(13)5-10(7)12-8(2)16-11(6-15)14-12/h3-6H,1-2H3. The van der Waals surface area contributed by atoms with Gasteiger partial charge in [0.25, 0.3) is 0 Å². The van der Waals surface area contributed by atoms with Gasteiger partial charge in [-0.15, -0.1) is 11.3 Å². The predicted molar refractivity (Wildman–Crippen MR) is 70.1 cm³/mol. The van der Waals surface area contributed by atoms with E-state index in [1.807, 2.05) is 32.0 Å². The van der Waals surface area contributed by atoms with Gasteiger partial charge in [0.2, 0.25) is 0 Å². The highest BCUT2D eigenvalue weighted by atomic mass is 79.9. The van der Waals surface area contributed by atoms with Crippen LogP contribution in [0, 0.1) is 13.8 Å². The van der Waals surface area contributed by atoms with Gasteiger partial charge in [0.15, 0.2) is 11.3 Å². The van der Waals surface area contributed by atoms with Crippen LogP contribution in [0.2, 0.25) is 0 Å². The first kappa shape index (κ1) is 11.5. The molecule has 2 rings (SSSR count). The number of aromatic nitrogens is 1. The van der Waals surface area contributed by atoms with Crippen LogP contribution in [0.25, 0.3) is 11.3 Å². The van der Waals surface area contributed by atoms with Crippen molar-refractivity contribution in [1.29, 1.82) is 0 Å². The van der Waals surface area contributed by atoms with Gasteiger partial charge in [0.1, 0.15) is 0 Å². The Hall–Kier alpha value is -1.00. The molecule has 0 amide bonds. The molecule has 0 bridgehead atoms. The van der Waals surface area contributed by atoms with E-state index in [9.17, 15) is 4.79 Å². The fourth-order valence-electron chi connectivity index (χ4n) is 1.57. The summed E-state index contributed by atoms with van der Waals surface area (Å²) in [5.74, 6) is 0. The maximum atomic E-state index is 10.7. The van der Waals surface area contributed by atoms with Crippen molar-refractivity contribution in [3.8, 4) is 11.3 Å². The molecule has 82 valence electrons. The van der Waals surface area contributed by atoms with Gasteiger partial charge in [-0.1, -0.05) is 22.0 Å². The molecule has 16 heavy (non-hydrogen) atoms. The molecule has 0 atom stereocenters. The van der Waals surface area contributed by atoms with E-state index < -0.39 is 0 Å². The lowest BCUT2D eigenvalue weighted by Crippen LogP contribution is -1.86. The maximum absolute atomic E-state index is 10.7. The Labute approximate surface area is 106 Å². The van der Waals surface area contributed by atoms with Crippen LogP contribution in [0.5, 0.6) is 0 Å². The van der Waals surface area contributed by atoms with Crippen molar-refractivity contribution in [3.63, 3.8) is 0 Å². The van der Waals surface area contributed by atoms with E-state index in [0.717, 1.165) is 32.5 Å². The van der Waals surface area contributed by atoms with Crippen LogP contribution < -0.4 is 0 Å². The zero-order chi connectivity index (χ0) is 11.7. The van der Waals surface area contributed by atoms with E-state index in [4.69, 9.17) is 0 Å². The Morgan fingerprint density at radius 3 is 2.75 bits per heavy atom. The smallest absolute Gasteiger partial charge is 0.178 e. The predicted octanol–water partition coefficient (Wildman–Crippen LogP) is 4.00. The van der Waals surface area contributed by atoms with Crippen LogP contribution >= 0.6 is 27.3 Å². The highest BCUT2D eigenvalue weighted by molar-refractivity contribution is 9.10. The van der Waals surface area contributed by atoms with Crippen LogP contribution in [0.4, 0.5) is 0 Å². The van der Waals surface area contributed by atoms with Crippen LogP contribution in [-0.4, -0.2) is 11.3 Å². The molecule has 0 aliphatic heterocycles. The molecular formula is C12H10BrNOS. The normalized spacial score (nSPS) is 10.4. The van der Waals surface area contributed by atoms with E-state index in [1.165, 1.54) is 11.3 Å². The van der Waals surface area contributed by atoms with E-state index >= 15 is 0 Å². The largest absolute Gasteiger partial charge is 0.295 e. The quantitative estimate of drug-likeness (QED) is 0.784. The number of rotatable bonds is 2. The number of halogens is 1. The molecular weight excluding hydrogens is 286 g/mol. The number of benzene rings is 1. The highest BCUT2D eigenvalue weighted by Gasteiger charge is 2.11. The number of carbonyl (C=O) groups excluding carboxylic acids is 1. The van der Waals surface area contributed by atoms with Gasteiger partial charge in [0.05, 0.1) is 5.69 Å². The summed E-state index contributed by atoms with van der Waals surface area (Å²) < 4.78 is 1.02. The molecule has 0 N–H and O–H groups in total. The van der Waals surface area contributed by atoms with Gasteiger partial charge in [-0.05, 0) is 31.5 Å². The first-order chi connectivity index (χ1) is 7.61. The van der Waals surface area contributed by atoms with Gasteiger partial charge < -0.3 is 0 Å². The summed E-state index contributed by atoms with van der Waals surface area (Å²) in [5.41, 5.74) is 3.15. The van der Waals surface area contributed by atoms with Gasteiger partial charge in [-0.3, -0.25) is 4.79 Å². The maximum Gasteiger partial charge on any atom is 0.178 e. The monoisotopic (exact) mass is 295 g/mol. The van der Waals surface area contributed by atoms with E-state index in [-0.39, 0.29) is 0 Å². The van der Waals surface area contributed by atoms with Gasteiger partial charge in [0, 0.05) is 14.9 Å². The topological polar surface area (TPSA) is 30.0 Å². The Kier molecular flexibility index (Phi) is 3.21. The number of aryl methyl sites for hydroxylation is 2. The first-order valence-electron chi connectivity index (χ1n) is 4.81. The third-order valence-corrected chi connectivity index (χ3v) is 3.76. The highest BCUT2D eigenvalue weighted by Crippen LogP contribution is 2.31. The zero-order valence-electron chi connectivity index (χ0n) is 8.95. The molecule has 1 aromatic carbocycles. The van der Waals surface area contributed by atoms with Gasteiger partial charge >= 0.3 is 0 Å². The second kappa shape index (κ2) is 4.47. The van der Waals surface area contributed by atoms with E-state index in [2.05, 4.69) is 20.9 Å².